The van der Waals surface area contributed by atoms with Crippen LogP contribution in [0.25, 0.3) is 0 Å². The zero-order valence-corrected chi connectivity index (χ0v) is 18.8. The second kappa shape index (κ2) is 11.4. The van der Waals surface area contributed by atoms with E-state index < -0.39 is 19.3 Å². The molecule has 28 heavy (non-hydrogen) atoms. The van der Waals surface area contributed by atoms with E-state index in [1.165, 1.54) is 0 Å². The molecule has 0 fully saturated rings. The van der Waals surface area contributed by atoms with Crippen LogP contribution < -0.4 is 5.32 Å². The summed E-state index contributed by atoms with van der Waals surface area (Å²) in [4.78, 5) is 12.3. The quantitative estimate of drug-likeness (QED) is 0.501. The topological polar surface area (TPSA) is 73.9 Å². The number of hydrogen-bond donors (Lipinski definition) is 1. The van der Waals surface area contributed by atoms with Crippen molar-refractivity contribution in [2.24, 2.45) is 0 Å². The van der Waals surface area contributed by atoms with Crippen LogP contribution in [0.1, 0.15) is 53.5 Å². The molecule has 1 N–H and O–H groups in total. The number of hydrogen-bond acceptors (Lipinski definition) is 5. The summed E-state index contributed by atoms with van der Waals surface area (Å²) >= 11 is 0. The minimum Gasteiger partial charge on any atom is -0.444 e. The van der Waals surface area contributed by atoms with Crippen molar-refractivity contribution in [3.05, 3.63) is 47.3 Å². The van der Waals surface area contributed by atoms with Gasteiger partial charge in [-0.05, 0) is 59.9 Å². The van der Waals surface area contributed by atoms with Crippen molar-refractivity contribution in [2.45, 2.75) is 66.0 Å². The van der Waals surface area contributed by atoms with Gasteiger partial charge in [-0.3, -0.25) is 4.57 Å². The predicted molar refractivity (Wildman–Crippen MR) is 113 cm³/mol. The fraction of sp³-hybridized carbons (Fsp3) is 0.571. The Kier molecular flexibility index (Phi) is 9.94. The van der Waals surface area contributed by atoms with Crippen LogP contribution in [0.5, 0.6) is 0 Å². The summed E-state index contributed by atoms with van der Waals surface area (Å²) in [6, 6.07) is 9.61. The highest BCUT2D eigenvalue weighted by Crippen LogP contribution is 2.55. The minimum atomic E-state index is -3.38. The maximum Gasteiger partial charge on any atom is 0.408 e. The molecule has 1 atom stereocenters. The molecule has 1 rings (SSSR count). The lowest BCUT2D eigenvalue weighted by Crippen LogP contribution is -2.38. The van der Waals surface area contributed by atoms with Gasteiger partial charge in [0.2, 0.25) is 0 Å². The standard InChI is InChI=1S/C21H34NO5P/c1-7-25-28(24,26-8-2)17(3)16-19(22-20(23)27-21(4,5)6)15-14-18-12-10-9-11-13-18/h9-13,16,19H,7-8,14-15H2,1-6H3,(H,22,23)/b17-16+/t19-/m0/s1. The summed E-state index contributed by atoms with van der Waals surface area (Å²) in [5.74, 6) is 0. The van der Waals surface area contributed by atoms with Crippen LogP contribution in [-0.2, 0) is 24.8 Å². The molecule has 7 heteroatoms. The van der Waals surface area contributed by atoms with Crippen molar-refractivity contribution >= 4 is 13.7 Å². The van der Waals surface area contributed by atoms with E-state index in [0.717, 1.165) is 12.0 Å². The third-order valence-corrected chi connectivity index (χ3v) is 5.97. The number of allylic oxidation sites excluding steroid dienone is 1. The fourth-order valence-corrected chi connectivity index (χ4v) is 4.11. The maximum absolute atomic E-state index is 13.0. The zero-order chi connectivity index (χ0) is 21.2. The molecular formula is C21H34NO5P. The third-order valence-electron chi connectivity index (χ3n) is 3.76. The molecule has 1 aromatic rings. The number of alkyl carbamates (subject to hydrolysis) is 1. The van der Waals surface area contributed by atoms with E-state index in [4.69, 9.17) is 13.8 Å². The van der Waals surface area contributed by atoms with Gasteiger partial charge in [0.15, 0.2) is 0 Å². The van der Waals surface area contributed by atoms with Gasteiger partial charge >= 0.3 is 13.7 Å². The summed E-state index contributed by atoms with van der Waals surface area (Å²) in [5, 5.41) is 3.34. The Morgan fingerprint density at radius 3 is 2.21 bits per heavy atom. The van der Waals surface area contributed by atoms with Crippen molar-refractivity contribution in [1.29, 1.82) is 0 Å². The highest BCUT2D eigenvalue weighted by molar-refractivity contribution is 7.58. The first kappa shape index (κ1) is 24.4. The first-order chi connectivity index (χ1) is 13.1. The van der Waals surface area contributed by atoms with E-state index in [-0.39, 0.29) is 19.3 Å². The Bertz CT molecular complexity index is 672. The number of aryl methyl sites for hydroxylation is 1. The average Bonchev–Trinajstić information content (AvgIpc) is 2.59. The summed E-state index contributed by atoms with van der Waals surface area (Å²) in [6.45, 7) is 11.2. The molecule has 0 saturated heterocycles. The van der Waals surface area contributed by atoms with Gasteiger partial charge in [-0.2, -0.15) is 0 Å². The van der Waals surface area contributed by atoms with Gasteiger partial charge in [0.1, 0.15) is 5.60 Å². The van der Waals surface area contributed by atoms with Gasteiger partial charge in [0, 0.05) is 5.31 Å². The molecule has 158 valence electrons. The van der Waals surface area contributed by atoms with Gasteiger partial charge in [-0.25, -0.2) is 4.79 Å². The number of rotatable bonds is 10. The Balaban J connectivity index is 2.99. The van der Waals surface area contributed by atoms with E-state index in [1.807, 2.05) is 51.1 Å². The van der Waals surface area contributed by atoms with Gasteiger partial charge in [0.05, 0.1) is 19.3 Å². The van der Waals surface area contributed by atoms with Gasteiger partial charge < -0.3 is 19.1 Å². The Morgan fingerprint density at radius 2 is 1.71 bits per heavy atom. The van der Waals surface area contributed by atoms with E-state index in [0.29, 0.717) is 11.7 Å². The van der Waals surface area contributed by atoms with Crippen LogP contribution >= 0.6 is 7.60 Å². The molecule has 0 bridgehead atoms. The van der Waals surface area contributed by atoms with Crippen LogP contribution in [0.15, 0.2) is 41.7 Å². The lowest BCUT2D eigenvalue weighted by atomic mass is 10.0. The highest BCUT2D eigenvalue weighted by Gasteiger charge is 2.28. The first-order valence-corrected chi connectivity index (χ1v) is 11.3. The zero-order valence-electron chi connectivity index (χ0n) is 17.9. The Morgan fingerprint density at radius 1 is 1.14 bits per heavy atom. The molecule has 0 aliphatic rings. The van der Waals surface area contributed by atoms with Crippen LogP contribution in [0.3, 0.4) is 0 Å². The van der Waals surface area contributed by atoms with Gasteiger partial charge in [-0.1, -0.05) is 36.4 Å². The normalized spacial score (nSPS) is 13.9. The number of carbonyl (C=O) groups is 1. The van der Waals surface area contributed by atoms with Gasteiger partial charge in [0.25, 0.3) is 0 Å². The molecule has 6 nitrogen and oxygen atoms in total. The minimum absolute atomic E-state index is 0.274. The first-order valence-electron chi connectivity index (χ1n) is 9.71. The van der Waals surface area contributed by atoms with Crippen molar-refractivity contribution in [3.8, 4) is 0 Å². The molecule has 1 amide bonds. The van der Waals surface area contributed by atoms with Crippen LogP contribution in [-0.4, -0.2) is 30.9 Å². The van der Waals surface area contributed by atoms with Crippen molar-refractivity contribution in [3.63, 3.8) is 0 Å². The molecule has 1 aromatic carbocycles. The number of nitrogens with one attached hydrogen (secondary N) is 1. The molecule has 0 aliphatic heterocycles. The number of benzene rings is 1. The van der Waals surface area contributed by atoms with E-state index in [1.54, 1.807) is 26.8 Å². The predicted octanol–water partition coefficient (Wildman–Crippen LogP) is 5.68. The van der Waals surface area contributed by atoms with Crippen LogP contribution in [0.4, 0.5) is 4.79 Å². The van der Waals surface area contributed by atoms with E-state index in [9.17, 15) is 9.36 Å². The van der Waals surface area contributed by atoms with Crippen molar-refractivity contribution in [1.82, 2.24) is 5.32 Å². The van der Waals surface area contributed by atoms with Crippen LogP contribution in [0.2, 0.25) is 0 Å². The summed E-state index contributed by atoms with van der Waals surface area (Å²) in [7, 11) is -3.38. The molecule has 0 heterocycles. The van der Waals surface area contributed by atoms with Crippen molar-refractivity contribution in [2.75, 3.05) is 13.2 Å². The number of ether oxygens (including phenoxy) is 1. The van der Waals surface area contributed by atoms with Crippen LogP contribution in [0, 0.1) is 0 Å². The Labute approximate surface area is 169 Å². The summed E-state index contributed by atoms with van der Waals surface area (Å²) in [6.07, 6.45) is 2.61. The molecule has 0 radical (unpaired) electrons. The van der Waals surface area contributed by atoms with E-state index in [2.05, 4.69) is 5.32 Å². The SMILES string of the molecule is CCOP(=O)(OCC)/C(C)=C/[C@H](CCc1ccccc1)NC(=O)OC(C)(C)C. The number of amides is 1. The highest BCUT2D eigenvalue weighted by atomic mass is 31.2. The van der Waals surface area contributed by atoms with Gasteiger partial charge in [-0.15, -0.1) is 0 Å². The van der Waals surface area contributed by atoms with E-state index >= 15 is 0 Å². The van der Waals surface area contributed by atoms with Crippen molar-refractivity contribution < 1.29 is 23.1 Å². The monoisotopic (exact) mass is 411 g/mol. The smallest absolute Gasteiger partial charge is 0.408 e. The third kappa shape index (κ3) is 9.05. The average molecular weight is 411 g/mol. The number of carbonyl (C=O) groups excluding carboxylic acids is 1. The lowest BCUT2D eigenvalue weighted by molar-refractivity contribution is 0.0512. The molecule has 0 unspecified atom stereocenters. The fourth-order valence-electron chi connectivity index (χ4n) is 2.59. The molecule has 0 spiro atoms. The molecule has 0 aromatic heterocycles. The Hall–Kier alpha value is -1.62. The molecule has 0 saturated carbocycles. The lowest BCUT2D eigenvalue weighted by Gasteiger charge is -2.24. The second-order valence-corrected chi connectivity index (χ2v) is 9.63. The second-order valence-electron chi connectivity index (χ2n) is 7.42. The maximum atomic E-state index is 13.0. The molecular weight excluding hydrogens is 377 g/mol. The largest absolute Gasteiger partial charge is 0.444 e. The summed E-state index contributed by atoms with van der Waals surface area (Å²) in [5.41, 5.74) is 0.556. The molecule has 0 aliphatic carbocycles. The summed E-state index contributed by atoms with van der Waals surface area (Å²) < 4.78 is 29.2.